The van der Waals surface area contributed by atoms with Gasteiger partial charge in [0.05, 0.1) is 5.52 Å². The highest BCUT2D eigenvalue weighted by molar-refractivity contribution is 5.91. The normalized spacial score (nSPS) is 18.9. The second kappa shape index (κ2) is 6.12. The van der Waals surface area contributed by atoms with Crippen molar-refractivity contribution in [1.29, 1.82) is 0 Å². The standard InChI is InChI=1S/C17H20N2O2/c20-17(21)9-8-13-5-3-4-12-19(13)16-10-11-18-15-7-2-1-6-14(15)16/h1-2,6-7,10-11,13H,3-5,8-9,12H2,(H,20,21). The van der Waals surface area contributed by atoms with Gasteiger partial charge >= 0.3 is 5.97 Å². The van der Waals surface area contributed by atoms with Gasteiger partial charge in [-0.05, 0) is 37.8 Å². The Hall–Kier alpha value is -2.10. The van der Waals surface area contributed by atoms with Crippen molar-refractivity contribution < 1.29 is 9.90 Å². The van der Waals surface area contributed by atoms with E-state index in [-0.39, 0.29) is 6.42 Å². The summed E-state index contributed by atoms with van der Waals surface area (Å²) in [4.78, 5) is 17.7. The number of aliphatic carboxylic acids is 1. The van der Waals surface area contributed by atoms with Gasteiger partial charge in [-0.1, -0.05) is 18.2 Å². The maximum Gasteiger partial charge on any atom is 0.303 e. The molecule has 0 spiro atoms. The molecule has 1 atom stereocenters. The third-order valence-electron chi connectivity index (χ3n) is 4.25. The van der Waals surface area contributed by atoms with Crippen LogP contribution in [-0.2, 0) is 4.79 Å². The Morgan fingerprint density at radius 2 is 2.14 bits per heavy atom. The first-order valence-electron chi connectivity index (χ1n) is 7.58. The number of benzene rings is 1. The molecule has 1 aromatic heterocycles. The Morgan fingerprint density at radius 1 is 1.29 bits per heavy atom. The van der Waals surface area contributed by atoms with E-state index in [1.807, 2.05) is 24.4 Å². The van der Waals surface area contributed by atoms with Crippen LogP contribution in [0, 0.1) is 0 Å². The minimum Gasteiger partial charge on any atom is -0.481 e. The van der Waals surface area contributed by atoms with Gasteiger partial charge in [0, 0.05) is 36.3 Å². The summed E-state index contributed by atoms with van der Waals surface area (Å²) in [6.07, 6.45) is 6.23. The van der Waals surface area contributed by atoms with Crippen molar-refractivity contribution in [3.05, 3.63) is 36.5 Å². The van der Waals surface area contributed by atoms with E-state index in [0.717, 1.165) is 23.9 Å². The number of carboxylic acids is 1. The first-order valence-corrected chi connectivity index (χ1v) is 7.58. The molecule has 3 rings (SSSR count). The summed E-state index contributed by atoms with van der Waals surface area (Å²) in [5.41, 5.74) is 2.19. The van der Waals surface area contributed by atoms with Crippen LogP contribution in [-0.4, -0.2) is 28.6 Å². The van der Waals surface area contributed by atoms with Crippen LogP contribution < -0.4 is 4.90 Å². The Kier molecular flexibility index (Phi) is 4.04. The molecule has 0 bridgehead atoms. The summed E-state index contributed by atoms with van der Waals surface area (Å²) in [7, 11) is 0. The van der Waals surface area contributed by atoms with Crippen LogP contribution in [0.1, 0.15) is 32.1 Å². The minimum absolute atomic E-state index is 0.240. The number of piperidine rings is 1. The van der Waals surface area contributed by atoms with E-state index in [4.69, 9.17) is 5.11 Å². The van der Waals surface area contributed by atoms with Crippen molar-refractivity contribution >= 4 is 22.6 Å². The van der Waals surface area contributed by atoms with E-state index >= 15 is 0 Å². The lowest BCUT2D eigenvalue weighted by molar-refractivity contribution is -0.137. The van der Waals surface area contributed by atoms with Crippen LogP contribution in [0.3, 0.4) is 0 Å². The first kappa shape index (κ1) is 13.9. The average Bonchev–Trinajstić information content (AvgIpc) is 2.53. The number of rotatable bonds is 4. The number of aromatic nitrogens is 1. The molecule has 1 unspecified atom stereocenters. The predicted molar refractivity (Wildman–Crippen MR) is 83.6 cm³/mol. The number of nitrogens with zero attached hydrogens (tertiary/aromatic N) is 2. The molecule has 0 saturated carbocycles. The molecule has 2 heterocycles. The summed E-state index contributed by atoms with van der Waals surface area (Å²) < 4.78 is 0. The molecule has 110 valence electrons. The summed E-state index contributed by atoms with van der Waals surface area (Å²) in [6, 6.07) is 10.5. The fraction of sp³-hybridized carbons (Fsp3) is 0.412. The number of pyridine rings is 1. The first-order chi connectivity index (χ1) is 10.3. The van der Waals surface area contributed by atoms with Crippen LogP contribution in [0.5, 0.6) is 0 Å². The van der Waals surface area contributed by atoms with Crippen molar-refractivity contribution in [3.63, 3.8) is 0 Å². The SMILES string of the molecule is O=C(O)CCC1CCCCN1c1ccnc2ccccc12. The number of carboxylic acid groups (broad SMARTS) is 1. The molecule has 1 saturated heterocycles. The van der Waals surface area contributed by atoms with Gasteiger partial charge in [0.2, 0.25) is 0 Å². The maximum atomic E-state index is 10.9. The lowest BCUT2D eigenvalue weighted by Gasteiger charge is -2.38. The molecule has 4 heteroatoms. The Balaban J connectivity index is 1.92. The zero-order valence-corrected chi connectivity index (χ0v) is 12.0. The minimum atomic E-state index is -0.708. The van der Waals surface area contributed by atoms with E-state index in [0.29, 0.717) is 12.5 Å². The quantitative estimate of drug-likeness (QED) is 0.934. The molecule has 1 fully saturated rings. The van der Waals surface area contributed by atoms with E-state index < -0.39 is 5.97 Å². The number of hydrogen-bond acceptors (Lipinski definition) is 3. The number of hydrogen-bond donors (Lipinski definition) is 1. The molecule has 21 heavy (non-hydrogen) atoms. The lowest BCUT2D eigenvalue weighted by atomic mass is 9.96. The van der Waals surface area contributed by atoms with Crippen LogP contribution >= 0.6 is 0 Å². The van der Waals surface area contributed by atoms with Crippen LogP contribution in [0.15, 0.2) is 36.5 Å². The Bertz CT molecular complexity index is 636. The van der Waals surface area contributed by atoms with Gasteiger partial charge in [0.25, 0.3) is 0 Å². The fourth-order valence-corrected chi connectivity index (χ4v) is 3.24. The van der Waals surface area contributed by atoms with Gasteiger partial charge in [0.1, 0.15) is 0 Å². The van der Waals surface area contributed by atoms with Crippen LogP contribution in [0.25, 0.3) is 10.9 Å². The molecule has 4 nitrogen and oxygen atoms in total. The second-order valence-electron chi connectivity index (χ2n) is 5.62. The molecule has 0 aliphatic carbocycles. The topological polar surface area (TPSA) is 53.4 Å². The molecule has 1 aliphatic rings. The van der Waals surface area contributed by atoms with Crippen molar-refractivity contribution in [2.75, 3.05) is 11.4 Å². The zero-order valence-electron chi connectivity index (χ0n) is 12.0. The van der Waals surface area contributed by atoms with Gasteiger partial charge in [-0.15, -0.1) is 0 Å². The number of anilines is 1. The van der Waals surface area contributed by atoms with Gasteiger partial charge in [-0.3, -0.25) is 9.78 Å². The van der Waals surface area contributed by atoms with Crippen molar-refractivity contribution in [2.45, 2.75) is 38.1 Å². The molecule has 0 radical (unpaired) electrons. The van der Waals surface area contributed by atoms with Crippen molar-refractivity contribution in [1.82, 2.24) is 4.98 Å². The molecule has 1 aromatic carbocycles. The summed E-state index contributed by atoms with van der Waals surface area (Å²) >= 11 is 0. The third-order valence-corrected chi connectivity index (χ3v) is 4.25. The van der Waals surface area contributed by atoms with Gasteiger partial charge < -0.3 is 10.0 Å². The van der Waals surface area contributed by atoms with E-state index in [9.17, 15) is 4.79 Å². The largest absolute Gasteiger partial charge is 0.481 e. The third kappa shape index (κ3) is 2.99. The second-order valence-corrected chi connectivity index (χ2v) is 5.62. The van der Waals surface area contributed by atoms with Crippen molar-refractivity contribution in [3.8, 4) is 0 Å². The smallest absolute Gasteiger partial charge is 0.303 e. The molecule has 1 aliphatic heterocycles. The van der Waals surface area contributed by atoms with Gasteiger partial charge in [0.15, 0.2) is 0 Å². The van der Waals surface area contributed by atoms with Crippen LogP contribution in [0.2, 0.25) is 0 Å². The van der Waals surface area contributed by atoms with Crippen molar-refractivity contribution in [2.24, 2.45) is 0 Å². The molecular formula is C17H20N2O2. The molecule has 2 aromatic rings. The van der Waals surface area contributed by atoms with Gasteiger partial charge in [-0.2, -0.15) is 0 Å². The number of fused-ring (bicyclic) bond motifs is 1. The maximum absolute atomic E-state index is 10.9. The van der Waals surface area contributed by atoms with Gasteiger partial charge in [-0.25, -0.2) is 0 Å². The zero-order chi connectivity index (χ0) is 14.7. The Labute approximate surface area is 124 Å². The van der Waals surface area contributed by atoms with E-state index in [1.165, 1.54) is 18.5 Å². The van der Waals surface area contributed by atoms with E-state index in [2.05, 4.69) is 22.0 Å². The monoisotopic (exact) mass is 284 g/mol. The molecule has 1 N–H and O–H groups in total. The predicted octanol–water partition coefficient (Wildman–Crippen LogP) is 3.46. The van der Waals surface area contributed by atoms with Crippen LogP contribution in [0.4, 0.5) is 5.69 Å². The fourth-order valence-electron chi connectivity index (χ4n) is 3.24. The molecule has 0 amide bonds. The lowest BCUT2D eigenvalue weighted by Crippen LogP contribution is -2.40. The summed E-state index contributed by atoms with van der Waals surface area (Å²) in [5.74, 6) is -0.708. The highest BCUT2D eigenvalue weighted by Crippen LogP contribution is 2.32. The van der Waals surface area contributed by atoms with E-state index in [1.54, 1.807) is 0 Å². The average molecular weight is 284 g/mol. The number of carbonyl (C=O) groups is 1. The highest BCUT2D eigenvalue weighted by Gasteiger charge is 2.24. The molecular weight excluding hydrogens is 264 g/mol. The number of para-hydroxylation sites is 1. The summed E-state index contributed by atoms with van der Waals surface area (Å²) in [5, 5.41) is 10.1. The Morgan fingerprint density at radius 3 is 3.00 bits per heavy atom. The summed E-state index contributed by atoms with van der Waals surface area (Å²) in [6.45, 7) is 0.998. The highest BCUT2D eigenvalue weighted by atomic mass is 16.4.